The van der Waals surface area contributed by atoms with Crippen LogP contribution in [-0.2, 0) is 9.59 Å². The van der Waals surface area contributed by atoms with Gasteiger partial charge in [0.15, 0.2) is 0 Å². The smallest absolute Gasteiger partial charge is 0.226 e. The lowest BCUT2D eigenvalue weighted by molar-refractivity contribution is -0.141. The summed E-state index contributed by atoms with van der Waals surface area (Å²) in [7, 11) is 1.61. The minimum Gasteiger partial charge on any atom is -0.481 e. The lowest BCUT2D eigenvalue weighted by atomic mass is 9.94. The highest BCUT2D eigenvalue weighted by atomic mass is 16.5. The van der Waals surface area contributed by atoms with Gasteiger partial charge in [-0.1, -0.05) is 0 Å². The fourth-order valence-corrected chi connectivity index (χ4v) is 4.22. The molecule has 1 aromatic heterocycles. The average molecular weight is 373 g/mol. The fourth-order valence-electron chi connectivity index (χ4n) is 4.22. The van der Waals surface area contributed by atoms with Gasteiger partial charge < -0.3 is 19.9 Å². The van der Waals surface area contributed by atoms with Crippen molar-refractivity contribution in [3.63, 3.8) is 0 Å². The summed E-state index contributed by atoms with van der Waals surface area (Å²) in [4.78, 5) is 37.3. The second-order valence-electron chi connectivity index (χ2n) is 7.65. The van der Waals surface area contributed by atoms with Gasteiger partial charge in [0.25, 0.3) is 0 Å². The Morgan fingerprint density at radius 1 is 1.19 bits per heavy atom. The highest BCUT2D eigenvalue weighted by Gasteiger charge is 2.38. The van der Waals surface area contributed by atoms with Crippen molar-refractivity contribution < 1.29 is 14.3 Å². The third kappa shape index (κ3) is 3.99. The zero-order valence-electron chi connectivity index (χ0n) is 15.8. The molecule has 1 N–H and O–H groups in total. The van der Waals surface area contributed by atoms with Crippen LogP contribution in [0.25, 0.3) is 0 Å². The number of likely N-dealkylation sites (tertiary alicyclic amines) is 1. The van der Waals surface area contributed by atoms with Gasteiger partial charge in [0.2, 0.25) is 17.7 Å². The molecule has 2 amide bonds. The average Bonchev–Trinajstić information content (AvgIpc) is 3.53. The van der Waals surface area contributed by atoms with Gasteiger partial charge in [-0.25, -0.2) is 9.97 Å². The molecule has 3 heterocycles. The molecule has 1 aliphatic carbocycles. The Labute approximate surface area is 159 Å². The van der Waals surface area contributed by atoms with Gasteiger partial charge in [0.1, 0.15) is 12.1 Å². The molecule has 2 aliphatic heterocycles. The summed E-state index contributed by atoms with van der Waals surface area (Å²) in [6.07, 6.45) is 6.84. The van der Waals surface area contributed by atoms with Crippen molar-refractivity contribution in [1.29, 1.82) is 0 Å². The van der Waals surface area contributed by atoms with Crippen molar-refractivity contribution in [3.05, 3.63) is 12.4 Å². The molecule has 3 fully saturated rings. The van der Waals surface area contributed by atoms with Crippen molar-refractivity contribution in [2.24, 2.45) is 5.92 Å². The summed E-state index contributed by atoms with van der Waals surface area (Å²) in [5.74, 6) is 1.48. The number of rotatable bonds is 5. The molecule has 1 atom stereocenters. The molecule has 146 valence electrons. The van der Waals surface area contributed by atoms with Gasteiger partial charge in [-0.2, -0.15) is 0 Å². The number of nitrogens with one attached hydrogen (secondary N) is 1. The first-order chi connectivity index (χ1) is 13.2. The van der Waals surface area contributed by atoms with Crippen molar-refractivity contribution in [3.8, 4) is 5.88 Å². The topological polar surface area (TPSA) is 87.7 Å². The predicted molar refractivity (Wildman–Crippen MR) is 99.4 cm³/mol. The quantitative estimate of drug-likeness (QED) is 0.828. The van der Waals surface area contributed by atoms with Crippen LogP contribution in [0.3, 0.4) is 0 Å². The van der Waals surface area contributed by atoms with Crippen LogP contribution in [-0.4, -0.2) is 65.5 Å². The van der Waals surface area contributed by atoms with Gasteiger partial charge in [0.05, 0.1) is 7.11 Å². The maximum atomic E-state index is 12.8. The van der Waals surface area contributed by atoms with Crippen molar-refractivity contribution in [2.45, 2.75) is 50.6 Å². The fraction of sp³-hybridized carbons (Fsp3) is 0.684. The molecule has 27 heavy (non-hydrogen) atoms. The number of piperidine rings is 2. The van der Waals surface area contributed by atoms with Crippen molar-refractivity contribution >= 4 is 17.6 Å². The molecule has 2 saturated heterocycles. The molecular weight excluding hydrogens is 346 g/mol. The molecule has 0 aromatic carbocycles. The predicted octanol–water partition coefficient (Wildman–Crippen LogP) is 0.971. The first kappa shape index (κ1) is 18.0. The zero-order chi connectivity index (χ0) is 18.8. The number of methoxy groups -OCH3 is 1. The van der Waals surface area contributed by atoms with Gasteiger partial charge >= 0.3 is 0 Å². The lowest BCUT2D eigenvalue weighted by Crippen LogP contribution is -2.50. The number of carbonyl (C=O) groups is 2. The van der Waals surface area contributed by atoms with E-state index in [1.54, 1.807) is 13.4 Å². The largest absolute Gasteiger partial charge is 0.481 e. The summed E-state index contributed by atoms with van der Waals surface area (Å²) in [5, 5.41) is 2.80. The van der Waals surface area contributed by atoms with Crippen LogP contribution >= 0.6 is 0 Å². The van der Waals surface area contributed by atoms with Crippen LogP contribution < -0.4 is 15.0 Å². The Kier molecular flexibility index (Phi) is 5.13. The number of aromatic nitrogens is 2. The molecule has 0 bridgehead atoms. The SMILES string of the molecule is COc1cc(N(C2CC2)C2CCN(C(=O)C3CCNC(=O)C3)CC2)ncn1. The van der Waals surface area contributed by atoms with E-state index in [2.05, 4.69) is 20.2 Å². The Bertz CT molecular complexity index is 700. The van der Waals surface area contributed by atoms with E-state index in [1.807, 2.05) is 11.0 Å². The molecular formula is C19H27N5O3. The van der Waals surface area contributed by atoms with E-state index in [9.17, 15) is 9.59 Å². The van der Waals surface area contributed by atoms with Crippen molar-refractivity contribution in [2.75, 3.05) is 31.6 Å². The molecule has 8 heteroatoms. The Morgan fingerprint density at radius 2 is 1.93 bits per heavy atom. The first-order valence-electron chi connectivity index (χ1n) is 9.85. The molecule has 1 unspecified atom stereocenters. The lowest BCUT2D eigenvalue weighted by Gasteiger charge is -2.40. The maximum Gasteiger partial charge on any atom is 0.226 e. The number of carbonyl (C=O) groups excluding carboxylic acids is 2. The normalized spacial score (nSPS) is 23.7. The second-order valence-corrected chi connectivity index (χ2v) is 7.65. The number of anilines is 1. The van der Waals surface area contributed by atoms with Crippen LogP contribution in [0.2, 0.25) is 0 Å². The molecule has 0 radical (unpaired) electrons. The van der Waals surface area contributed by atoms with Gasteiger partial charge in [-0.05, 0) is 32.1 Å². The van der Waals surface area contributed by atoms with Crippen LogP contribution in [0.5, 0.6) is 5.88 Å². The Hall–Kier alpha value is -2.38. The van der Waals surface area contributed by atoms with Crippen molar-refractivity contribution in [1.82, 2.24) is 20.2 Å². The summed E-state index contributed by atoms with van der Waals surface area (Å²) in [6, 6.07) is 2.80. The molecule has 1 aromatic rings. The minimum atomic E-state index is -0.152. The standard InChI is InChI=1S/C19H27N5O3/c1-27-18-11-16(21-12-22-18)24(14-2-3-14)15-5-8-23(9-6-15)19(26)13-4-7-20-17(25)10-13/h11-15H,2-10H2,1H3,(H,20,25). The second kappa shape index (κ2) is 7.70. The molecule has 0 spiro atoms. The summed E-state index contributed by atoms with van der Waals surface area (Å²) in [5.41, 5.74) is 0. The van der Waals surface area contributed by atoms with Crippen LogP contribution in [0.15, 0.2) is 12.4 Å². The molecule has 8 nitrogen and oxygen atoms in total. The highest BCUT2D eigenvalue weighted by molar-refractivity contribution is 5.87. The van der Waals surface area contributed by atoms with Gasteiger partial charge in [-0.3, -0.25) is 9.59 Å². The van der Waals surface area contributed by atoms with E-state index in [0.29, 0.717) is 30.9 Å². The summed E-state index contributed by atoms with van der Waals surface area (Å²) < 4.78 is 5.25. The molecule has 4 rings (SSSR count). The highest BCUT2D eigenvalue weighted by Crippen LogP contribution is 2.36. The molecule has 1 saturated carbocycles. The van der Waals surface area contributed by atoms with E-state index in [1.165, 1.54) is 12.8 Å². The number of amides is 2. The zero-order valence-corrected chi connectivity index (χ0v) is 15.8. The van der Waals surface area contributed by atoms with Crippen LogP contribution in [0.1, 0.15) is 38.5 Å². The maximum absolute atomic E-state index is 12.8. The van der Waals surface area contributed by atoms with E-state index in [4.69, 9.17) is 4.74 Å². The van der Waals surface area contributed by atoms with E-state index < -0.39 is 0 Å². The minimum absolute atomic E-state index is 0.00731. The number of hydrogen-bond donors (Lipinski definition) is 1. The summed E-state index contributed by atoms with van der Waals surface area (Å²) >= 11 is 0. The third-order valence-corrected chi connectivity index (χ3v) is 5.81. The molecule has 3 aliphatic rings. The number of hydrogen-bond acceptors (Lipinski definition) is 6. The van der Waals surface area contributed by atoms with Gasteiger partial charge in [-0.15, -0.1) is 0 Å². The summed E-state index contributed by atoms with van der Waals surface area (Å²) in [6.45, 7) is 2.09. The number of ether oxygens (including phenoxy) is 1. The number of nitrogens with zero attached hydrogens (tertiary/aromatic N) is 4. The first-order valence-corrected chi connectivity index (χ1v) is 9.85. The Morgan fingerprint density at radius 3 is 2.59 bits per heavy atom. The third-order valence-electron chi connectivity index (χ3n) is 5.81. The Balaban J connectivity index is 1.39. The monoisotopic (exact) mass is 373 g/mol. The van der Waals surface area contributed by atoms with Gasteiger partial charge in [0, 0.05) is 50.1 Å². The van der Waals surface area contributed by atoms with E-state index in [-0.39, 0.29) is 17.7 Å². The van der Waals surface area contributed by atoms with E-state index in [0.717, 1.165) is 38.2 Å². The van der Waals surface area contributed by atoms with Crippen LogP contribution in [0, 0.1) is 5.92 Å². The van der Waals surface area contributed by atoms with E-state index >= 15 is 0 Å². The van der Waals surface area contributed by atoms with Crippen LogP contribution in [0.4, 0.5) is 5.82 Å².